The van der Waals surface area contributed by atoms with E-state index in [-0.39, 0.29) is 5.88 Å². The first-order valence-electron chi connectivity index (χ1n) is 7.98. The van der Waals surface area contributed by atoms with Crippen molar-refractivity contribution in [3.63, 3.8) is 0 Å². The van der Waals surface area contributed by atoms with Crippen LogP contribution in [0.4, 0.5) is 0 Å². The van der Waals surface area contributed by atoms with E-state index < -0.39 is 0 Å². The zero-order chi connectivity index (χ0) is 16.4. The molecule has 0 unspecified atom stereocenters. The van der Waals surface area contributed by atoms with Crippen molar-refractivity contribution in [1.82, 2.24) is 9.78 Å². The van der Waals surface area contributed by atoms with E-state index in [4.69, 9.17) is 5.10 Å². The van der Waals surface area contributed by atoms with E-state index in [1.807, 2.05) is 42.5 Å². The largest absolute Gasteiger partial charge is 0.493 e. The molecule has 3 nitrogen and oxygen atoms in total. The number of aromatic hydroxyl groups is 1. The standard InChI is InChI=1S/C20H22N2O/c1-14(2)13-22-20(23)18(16-9-5-4-6-10-16)19(21-22)17-11-7-8-15(3)12-17/h4-12,14,23H,13H2,1-3H3. The van der Waals surface area contributed by atoms with Crippen LogP contribution < -0.4 is 0 Å². The van der Waals surface area contributed by atoms with E-state index in [1.54, 1.807) is 4.68 Å². The molecule has 3 heteroatoms. The maximum atomic E-state index is 10.7. The van der Waals surface area contributed by atoms with Crippen LogP contribution in [0.5, 0.6) is 5.88 Å². The molecule has 0 fully saturated rings. The van der Waals surface area contributed by atoms with Crippen LogP contribution in [0.2, 0.25) is 0 Å². The Bertz CT molecular complexity index is 804. The summed E-state index contributed by atoms with van der Waals surface area (Å²) in [6, 6.07) is 18.2. The molecule has 1 heterocycles. The second kappa shape index (κ2) is 6.29. The maximum absolute atomic E-state index is 10.7. The quantitative estimate of drug-likeness (QED) is 0.745. The van der Waals surface area contributed by atoms with Gasteiger partial charge < -0.3 is 5.11 Å². The average Bonchev–Trinajstić information content (AvgIpc) is 2.84. The van der Waals surface area contributed by atoms with Crippen molar-refractivity contribution >= 4 is 0 Å². The molecule has 0 aliphatic rings. The van der Waals surface area contributed by atoms with Gasteiger partial charge in [-0.25, -0.2) is 4.68 Å². The Kier molecular flexibility index (Phi) is 4.20. The number of hydrogen-bond acceptors (Lipinski definition) is 2. The van der Waals surface area contributed by atoms with E-state index in [0.717, 1.165) is 22.4 Å². The molecule has 0 bridgehead atoms. The van der Waals surface area contributed by atoms with Crippen LogP contribution in [-0.4, -0.2) is 14.9 Å². The highest BCUT2D eigenvalue weighted by molar-refractivity contribution is 5.84. The number of rotatable bonds is 4. The van der Waals surface area contributed by atoms with Gasteiger partial charge in [0.25, 0.3) is 0 Å². The third-order valence-corrected chi connectivity index (χ3v) is 3.82. The van der Waals surface area contributed by atoms with Crippen LogP contribution >= 0.6 is 0 Å². The normalized spacial score (nSPS) is 11.1. The summed E-state index contributed by atoms with van der Waals surface area (Å²) < 4.78 is 1.71. The van der Waals surface area contributed by atoms with Crippen molar-refractivity contribution in [3.05, 3.63) is 60.2 Å². The monoisotopic (exact) mass is 306 g/mol. The topological polar surface area (TPSA) is 38.0 Å². The third-order valence-electron chi connectivity index (χ3n) is 3.82. The Morgan fingerprint density at radius 1 is 1.00 bits per heavy atom. The minimum atomic E-state index is 0.237. The van der Waals surface area contributed by atoms with Crippen LogP contribution in [0.3, 0.4) is 0 Å². The average molecular weight is 306 g/mol. The van der Waals surface area contributed by atoms with Crippen LogP contribution in [0.1, 0.15) is 19.4 Å². The molecule has 1 aromatic heterocycles. The molecule has 0 spiro atoms. The molecule has 0 saturated carbocycles. The Morgan fingerprint density at radius 3 is 2.35 bits per heavy atom. The lowest BCUT2D eigenvalue weighted by molar-refractivity contribution is 0.373. The molecular formula is C20H22N2O. The van der Waals surface area contributed by atoms with Crippen LogP contribution in [-0.2, 0) is 6.54 Å². The van der Waals surface area contributed by atoms with Gasteiger partial charge in [-0.05, 0) is 24.5 Å². The predicted octanol–water partition coefficient (Wildman–Crippen LogP) is 4.89. The van der Waals surface area contributed by atoms with E-state index in [2.05, 4.69) is 32.9 Å². The van der Waals surface area contributed by atoms with Gasteiger partial charge in [-0.1, -0.05) is 67.9 Å². The molecule has 0 radical (unpaired) electrons. The number of hydrogen-bond donors (Lipinski definition) is 1. The first kappa shape index (κ1) is 15.3. The Hall–Kier alpha value is -2.55. The Morgan fingerprint density at radius 2 is 1.70 bits per heavy atom. The molecule has 0 aliphatic heterocycles. The van der Waals surface area contributed by atoms with Crippen molar-refractivity contribution in [2.24, 2.45) is 5.92 Å². The molecule has 23 heavy (non-hydrogen) atoms. The maximum Gasteiger partial charge on any atom is 0.218 e. The van der Waals surface area contributed by atoms with Gasteiger partial charge in [0.2, 0.25) is 5.88 Å². The van der Waals surface area contributed by atoms with Gasteiger partial charge in [-0.3, -0.25) is 0 Å². The highest BCUT2D eigenvalue weighted by Gasteiger charge is 2.20. The van der Waals surface area contributed by atoms with Crippen molar-refractivity contribution in [2.75, 3.05) is 0 Å². The van der Waals surface area contributed by atoms with Gasteiger partial charge in [0.1, 0.15) is 5.69 Å². The molecule has 3 aromatic rings. The molecule has 0 atom stereocenters. The van der Waals surface area contributed by atoms with Gasteiger partial charge >= 0.3 is 0 Å². The summed E-state index contributed by atoms with van der Waals surface area (Å²) in [5.74, 6) is 0.649. The third kappa shape index (κ3) is 3.14. The molecule has 0 aliphatic carbocycles. The van der Waals surface area contributed by atoms with Crippen molar-refractivity contribution in [2.45, 2.75) is 27.3 Å². The summed E-state index contributed by atoms with van der Waals surface area (Å²) in [4.78, 5) is 0. The number of aryl methyl sites for hydroxylation is 1. The Balaban J connectivity index is 2.21. The Labute approximate surface area is 137 Å². The first-order chi connectivity index (χ1) is 11.1. The van der Waals surface area contributed by atoms with Crippen molar-refractivity contribution in [1.29, 1.82) is 0 Å². The molecule has 2 aromatic carbocycles. The first-order valence-corrected chi connectivity index (χ1v) is 7.98. The molecular weight excluding hydrogens is 284 g/mol. The summed E-state index contributed by atoms with van der Waals surface area (Å²) in [5, 5.41) is 15.4. The highest BCUT2D eigenvalue weighted by Crippen LogP contribution is 2.38. The highest BCUT2D eigenvalue weighted by atomic mass is 16.3. The molecule has 0 saturated heterocycles. The minimum absolute atomic E-state index is 0.237. The fraction of sp³-hybridized carbons (Fsp3) is 0.250. The smallest absolute Gasteiger partial charge is 0.218 e. The van der Waals surface area contributed by atoms with E-state index in [9.17, 15) is 5.11 Å². The second-order valence-electron chi connectivity index (χ2n) is 6.36. The zero-order valence-electron chi connectivity index (χ0n) is 13.8. The van der Waals surface area contributed by atoms with E-state index in [1.165, 1.54) is 5.56 Å². The van der Waals surface area contributed by atoms with Gasteiger partial charge in [-0.2, -0.15) is 5.10 Å². The van der Waals surface area contributed by atoms with Gasteiger partial charge in [0.05, 0.1) is 5.56 Å². The summed E-state index contributed by atoms with van der Waals surface area (Å²) >= 11 is 0. The summed E-state index contributed by atoms with van der Waals surface area (Å²) in [6.45, 7) is 7.00. The number of aromatic nitrogens is 2. The minimum Gasteiger partial charge on any atom is -0.493 e. The van der Waals surface area contributed by atoms with Crippen molar-refractivity contribution in [3.8, 4) is 28.3 Å². The predicted molar refractivity (Wildman–Crippen MR) is 94.3 cm³/mol. The van der Waals surface area contributed by atoms with Gasteiger partial charge in [0, 0.05) is 12.1 Å². The molecule has 3 rings (SSSR count). The van der Waals surface area contributed by atoms with Gasteiger partial charge in [0.15, 0.2) is 0 Å². The van der Waals surface area contributed by atoms with Crippen LogP contribution in [0.25, 0.3) is 22.4 Å². The van der Waals surface area contributed by atoms with Gasteiger partial charge in [-0.15, -0.1) is 0 Å². The zero-order valence-corrected chi connectivity index (χ0v) is 13.8. The fourth-order valence-corrected chi connectivity index (χ4v) is 2.79. The van der Waals surface area contributed by atoms with Crippen LogP contribution in [0.15, 0.2) is 54.6 Å². The fourth-order valence-electron chi connectivity index (χ4n) is 2.79. The lowest BCUT2D eigenvalue weighted by Crippen LogP contribution is -2.05. The molecule has 0 amide bonds. The van der Waals surface area contributed by atoms with E-state index in [0.29, 0.717) is 12.5 Å². The lowest BCUT2D eigenvalue weighted by Gasteiger charge is -2.06. The summed E-state index contributed by atoms with van der Waals surface area (Å²) in [7, 11) is 0. The summed E-state index contributed by atoms with van der Waals surface area (Å²) in [5.41, 5.74) is 4.83. The SMILES string of the molecule is Cc1cccc(-c2nn(CC(C)C)c(O)c2-c2ccccc2)c1. The summed E-state index contributed by atoms with van der Waals surface area (Å²) in [6.07, 6.45) is 0. The molecule has 118 valence electrons. The molecule has 1 N–H and O–H groups in total. The van der Waals surface area contributed by atoms with Crippen molar-refractivity contribution < 1.29 is 5.11 Å². The lowest BCUT2D eigenvalue weighted by atomic mass is 10.0. The number of benzene rings is 2. The number of nitrogens with zero attached hydrogens (tertiary/aromatic N) is 2. The van der Waals surface area contributed by atoms with E-state index >= 15 is 0 Å². The van der Waals surface area contributed by atoms with Crippen LogP contribution in [0, 0.1) is 12.8 Å². The second-order valence-corrected chi connectivity index (χ2v) is 6.36.